The highest BCUT2D eigenvalue weighted by molar-refractivity contribution is 5.91. The molecule has 2 heterocycles. The standard InChI is InChI=1S/C25H27N3O2/c1-3-19-30-25(20-11-6-4-7-12-20,21-13-8-5-9-14-21)22-15-10-17-28(22)24(29)23-26-16-18-27(23)2/h3-9,11-14,16,18,22H,1,10,15,17,19H2,2H3/t22-/m1/s1. The number of hydrogen-bond acceptors (Lipinski definition) is 3. The van der Waals surface area contributed by atoms with Gasteiger partial charge in [-0.1, -0.05) is 66.7 Å². The quantitative estimate of drug-likeness (QED) is 0.558. The Balaban J connectivity index is 1.87. The minimum Gasteiger partial charge on any atom is -0.359 e. The predicted molar refractivity (Wildman–Crippen MR) is 117 cm³/mol. The largest absolute Gasteiger partial charge is 0.359 e. The van der Waals surface area contributed by atoms with Gasteiger partial charge in [-0.3, -0.25) is 4.79 Å². The summed E-state index contributed by atoms with van der Waals surface area (Å²) in [5.74, 6) is 0.379. The van der Waals surface area contributed by atoms with E-state index in [1.54, 1.807) is 23.0 Å². The third-order valence-electron chi connectivity index (χ3n) is 5.83. The molecular weight excluding hydrogens is 374 g/mol. The Morgan fingerprint density at radius 3 is 2.33 bits per heavy atom. The topological polar surface area (TPSA) is 47.4 Å². The molecule has 30 heavy (non-hydrogen) atoms. The van der Waals surface area contributed by atoms with Gasteiger partial charge in [-0.2, -0.15) is 0 Å². The highest BCUT2D eigenvalue weighted by Crippen LogP contribution is 2.43. The molecule has 5 heteroatoms. The molecular formula is C25H27N3O2. The Morgan fingerprint density at radius 1 is 1.17 bits per heavy atom. The van der Waals surface area contributed by atoms with Gasteiger partial charge < -0.3 is 14.2 Å². The maximum Gasteiger partial charge on any atom is 0.290 e. The summed E-state index contributed by atoms with van der Waals surface area (Å²) in [4.78, 5) is 19.7. The number of rotatable bonds is 7. The van der Waals surface area contributed by atoms with Gasteiger partial charge in [0.1, 0.15) is 5.60 Å². The van der Waals surface area contributed by atoms with Crippen molar-refractivity contribution in [2.45, 2.75) is 24.5 Å². The second-order valence-corrected chi connectivity index (χ2v) is 7.59. The number of nitrogens with zero attached hydrogens (tertiary/aromatic N) is 3. The molecule has 0 radical (unpaired) electrons. The van der Waals surface area contributed by atoms with Gasteiger partial charge in [0.2, 0.25) is 0 Å². The monoisotopic (exact) mass is 401 g/mol. The zero-order valence-electron chi connectivity index (χ0n) is 17.3. The van der Waals surface area contributed by atoms with Crippen molar-refractivity contribution in [1.29, 1.82) is 0 Å². The minimum atomic E-state index is -0.798. The van der Waals surface area contributed by atoms with E-state index in [0.29, 0.717) is 19.0 Å². The number of imidazole rings is 1. The number of benzene rings is 2. The molecule has 1 aliphatic heterocycles. The van der Waals surface area contributed by atoms with E-state index in [1.165, 1.54) is 0 Å². The molecule has 4 rings (SSSR count). The minimum absolute atomic E-state index is 0.0663. The first-order chi connectivity index (χ1) is 14.7. The average molecular weight is 402 g/mol. The molecule has 0 N–H and O–H groups in total. The van der Waals surface area contributed by atoms with Gasteiger partial charge in [-0.25, -0.2) is 4.98 Å². The molecule has 0 aliphatic carbocycles. The van der Waals surface area contributed by atoms with Crippen LogP contribution in [0, 0.1) is 0 Å². The van der Waals surface area contributed by atoms with Crippen LogP contribution in [0.25, 0.3) is 0 Å². The zero-order chi connectivity index (χ0) is 21.0. The van der Waals surface area contributed by atoms with Crippen LogP contribution in [0.2, 0.25) is 0 Å². The molecule has 1 saturated heterocycles. The lowest BCUT2D eigenvalue weighted by Crippen LogP contribution is -2.52. The van der Waals surface area contributed by atoms with Crippen molar-refractivity contribution in [2.75, 3.05) is 13.2 Å². The molecule has 0 bridgehead atoms. The normalized spacial score (nSPS) is 16.6. The highest BCUT2D eigenvalue weighted by atomic mass is 16.5. The molecule has 0 spiro atoms. The molecule has 0 unspecified atom stereocenters. The molecule has 1 fully saturated rings. The van der Waals surface area contributed by atoms with Gasteiger partial charge in [-0.15, -0.1) is 6.58 Å². The molecule has 0 saturated carbocycles. The van der Waals surface area contributed by atoms with E-state index in [0.717, 1.165) is 24.0 Å². The molecule has 1 amide bonds. The van der Waals surface area contributed by atoms with Gasteiger partial charge in [0.25, 0.3) is 5.91 Å². The molecule has 1 aromatic heterocycles. The van der Waals surface area contributed by atoms with E-state index in [-0.39, 0.29) is 11.9 Å². The van der Waals surface area contributed by atoms with E-state index in [9.17, 15) is 4.79 Å². The molecule has 1 aliphatic rings. The first-order valence-electron chi connectivity index (χ1n) is 10.3. The van der Waals surface area contributed by atoms with Crippen molar-refractivity contribution in [3.63, 3.8) is 0 Å². The van der Waals surface area contributed by atoms with Crippen molar-refractivity contribution in [3.8, 4) is 0 Å². The Hall–Kier alpha value is -3.18. The number of aromatic nitrogens is 2. The molecule has 5 nitrogen and oxygen atoms in total. The van der Waals surface area contributed by atoms with Crippen LogP contribution in [0.4, 0.5) is 0 Å². The number of amides is 1. The Kier molecular flexibility index (Phi) is 5.81. The number of hydrogen-bond donors (Lipinski definition) is 0. The Bertz CT molecular complexity index is 958. The van der Waals surface area contributed by atoms with Crippen LogP contribution < -0.4 is 0 Å². The summed E-state index contributed by atoms with van der Waals surface area (Å²) in [5, 5.41) is 0. The lowest BCUT2D eigenvalue weighted by molar-refractivity contribution is -0.0531. The zero-order valence-corrected chi connectivity index (χ0v) is 17.3. The number of likely N-dealkylation sites (tertiary alicyclic amines) is 1. The summed E-state index contributed by atoms with van der Waals surface area (Å²) in [6.45, 7) is 4.92. The van der Waals surface area contributed by atoms with Crippen LogP contribution in [-0.4, -0.2) is 39.6 Å². The lowest BCUT2D eigenvalue weighted by Gasteiger charge is -2.43. The second-order valence-electron chi connectivity index (χ2n) is 7.59. The van der Waals surface area contributed by atoms with Gasteiger partial charge >= 0.3 is 0 Å². The summed E-state index contributed by atoms with van der Waals surface area (Å²) < 4.78 is 8.40. The van der Waals surface area contributed by atoms with Crippen molar-refractivity contribution < 1.29 is 9.53 Å². The van der Waals surface area contributed by atoms with Gasteiger partial charge in [0.05, 0.1) is 12.6 Å². The maximum absolute atomic E-state index is 13.5. The van der Waals surface area contributed by atoms with E-state index in [2.05, 4.69) is 35.8 Å². The van der Waals surface area contributed by atoms with Crippen molar-refractivity contribution in [2.24, 2.45) is 7.05 Å². The Morgan fingerprint density at radius 2 is 1.80 bits per heavy atom. The summed E-state index contributed by atoms with van der Waals surface area (Å²) in [5.41, 5.74) is 1.26. The fourth-order valence-corrected chi connectivity index (χ4v) is 4.51. The van der Waals surface area contributed by atoms with Gasteiger partial charge in [0.15, 0.2) is 5.82 Å². The number of carbonyl (C=O) groups excluding carboxylic acids is 1. The van der Waals surface area contributed by atoms with Crippen LogP contribution in [-0.2, 0) is 17.4 Å². The predicted octanol–water partition coefficient (Wildman–Crippen LogP) is 4.17. The molecule has 154 valence electrons. The third kappa shape index (κ3) is 3.46. The fourth-order valence-electron chi connectivity index (χ4n) is 4.51. The van der Waals surface area contributed by atoms with Crippen LogP contribution >= 0.6 is 0 Å². The van der Waals surface area contributed by atoms with Crippen molar-refractivity contribution in [3.05, 3.63) is 103 Å². The molecule has 1 atom stereocenters. The lowest BCUT2D eigenvalue weighted by atomic mass is 9.78. The number of aryl methyl sites for hydroxylation is 1. The van der Waals surface area contributed by atoms with E-state index in [1.807, 2.05) is 48.3 Å². The fraction of sp³-hybridized carbons (Fsp3) is 0.280. The van der Waals surface area contributed by atoms with Crippen molar-refractivity contribution in [1.82, 2.24) is 14.5 Å². The summed E-state index contributed by atoms with van der Waals surface area (Å²) >= 11 is 0. The average Bonchev–Trinajstić information content (AvgIpc) is 3.45. The molecule has 2 aromatic carbocycles. The van der Waals surface area contributed by atoms with E-state index >= 15 is 0 Å². The number of ether oxygens (including phenoxy) is 1. The highest BCUT2D eigenvalue weighted by Gasteiger charge is 2.49. The first-order valence-corrected chi connectivity index (χ1v) is 10.3. The second kappa shape index (κ2) is 8.67. The van der Waals surface area contributed by atoms with Gasteiger partial charge in [0, 0.05) is 26.0 Å². The van der Waals surface area contributed by atoms with Gasteiger partial charge in [-0.05, 0) is 24.0 Å². The van der Waals surface area contributed by atoms with Crippen LogP contribution in [0.15, 0.2) is 85.7 Å². The third-order valence-corrected chi connectivity index (χ3v) is 5.83. The summed E-state index contributed by atoms with van der Waals surface area (Å²) in [7, 11) is 1.85. The smallest absolute Gasteiger partial charge is 0.290 e. The van der Waals surface area contributed by atoms with E-state index in [4.69, 9.17) is 4.74 Å². The SMILES string of the molecule is C=CCOC(c1ccccc1)(c1ccccc1)[C@H]1CCCN1C(=O)c1nccn1C. The maximum atomic E-state index is 13.5. The van der Waals surface area contributed by atoms with Crippen LogP contribution in [0.1, 0.15) is 34.6 Å². The van der Waals surface area contributed by atoms with Crippen LogP contribution in [0.3, 0.4) is 0 Å². The van der Waals surface area contributed by atoms with Crippen molar-refractivity contribution >= 4 is 5.91 Å². The van der Waals surface area contributed by atoms with E-state index < -0.39 is 5.60 Å². The Labute approximate surface area is 177 Å². The first kappa shape index (κ1) is 20.1. The number of carbonyl (C=O) groups is 1. The summed E-state index contributed by atoms with van der Waals surface area (Å²) in [6, 6.07) is 20.2. The molecule has 3 aromatic rings. The van der Waals surface area contributed by atoms with Crippen LogP contribution in [0.5, 0.6) is 0 Å². The summed E-state index contributed by atoms with van der Waals surface area (Å²) in [6.07, 6.45) is 6.99.